The predicted molar refractivity (Wildman–Crippen MR) is 117 cm³/mol. The number of hydrogen-bond donors (Lipinski definition) is 4. The number of nitrogens with two attached hydrogens (primary N) is 2. The highest BCUT2D eigenvalue weighted by Crippen LogP contribution is 2.31. The molecule has 0 atom stereocenters. The highest BCUT2D eigenvalue weighted by atomic mass is 16.5. The maximum Gasteiger partial charge on any atom is 0.258 e. The summed E-state index contributed by atoms with van der Waals surface area (Å²) < 4.78 is 12.4. The van der Waals surface area contributed by atoms with Gasteiger partial charge in [-0.05, 0) is 35.9 Å². The third kappa shape index (κ3) is 3.44. The summed E-state index contributed by atoms with van der Waals surface area (Å²) >= 11 is 0. The van der Waals surface area contributed by atoms with Gasteiger partial charge in [0.15, 0.2) is 11.4 Å². The maximum atomic E-state index is 7.61. The topological polar surface area (TPSA) is 137 Å². The highest BCUT2D eigenvalue weighted by Gasteiger charge is 2.12. The van der Waals surface area contributed by atoms with Crippen molar-refractivity contribution in [2.75, 3.05) is 25.3 Å². The molecule has 0 saturated carbocycles. The van der Waals surface area contributed by atoms with Crippen LogP contribution >= 0.6 is 0 Å². The third-order valence-corrected chi connectivity index (χ3v) is 4.66. The summed E-state index contributed by atoms with van der Waals surface area (Å²) in [5.41, 5.74) is 15.9. The Balaban J connectivity index is 1.77. The van der Waals surface area contributed by atoms with E-state index in [0.29, 0.717) is 28.7 Å². The molecule has 3 aromatic heterocycles. The average molecular weight is 403 g/mol. The molecular weight excluding hydrogens is 382 g/mol. The smallest absolute Gasteiger partial charge is 0.258 e. The molecule has 1 aromatic carbocycles. The summed E-state index contributed by atoms with van der Waals surface area (Å²) in [7, 11) is 3.10. The zero-order chi connectivity index (χ0) is 21.3. The van der Waals surface area contributed by atoms with Gasteiger partial charge in [0.25, 0.3) is 5.88 Å². The molecule has 0 aliphatic carbocycles. The summed E-state index contributed by atoms with van der Waals surface area (Å²) in [6, 6.07) is 11.0. The molecule has 4 rings (SSSR count). The summed E-state index contributed by atoms with van der Waals surface area (Å²) in [6.07, 6.45) is 5.54. The number of benzene rings is 1. The van der Waals surface area contributed by atoms with Crippen molar-refractivity contribution < 1.29 is 9.47 Å². The molecule has 0 radical (unpaired) electrons. The van der Waals surface area contributed by atoms with Crippen molar-refractivity contribution in [3.63, 3.8) is 0 Å². The van der Waals surface area contributed by atoms with E-state index in [1.807, 2.05) is 28.9 Å². The number of nitrogens with one attached hydrogen (secondary N) is 2. The lowest BCUT2D eigenvalue weighted by Gasteiger charge is -2.13. The third-order valence-electron chi connectivity index (χ3n) is 4.66. The SMILES string of the molecule is COc1ccc(Nc2cc(-c3ccc(C(=N)N)c(N)c3)cn3ccnc23)nc1OC. The standard InChI is InChI=1S/C21H21N7O2/c1-29-17-5-6-18(27-21(17)30-2)26-16-10-13(11-28-8-7-25-20(16)28)12-3-4-14(19(23)24)15(22)9-12/h3-11H,22H2,1-2H3,(H3,23,24)(H,26,27). The van der Waals surface area contributed by atoms with Crippen LogP contribution in [-0.2, 0) is 0 Å². The van der Waals surface area contributed by atoms with E-state index in [0.717, 1.165) is 22.5 Å². The Kier molecular flexibility index (Phi) is 4.85. The number of imidazole rings is 1. The van der Waals surface area contributed by atoms with Gasteiger partial charge >= 0.3 is 0 Å². The number of nitrogens with zero attached hydrogens (tertiary/aromatic N) is 3. The van der Waals surface area contributed by atoms with Crippen molar-refractivity contribution in [1.29, 1.82) is 5.41 Å². The number of anilines is 3. The molecule has 0 fully saturated rings. The number of nitrogen functional groups attached to an aromatic ring is 2. The minimum absolute atomic E-state index is 0.0639. The number of amidine groups is 1. The first-order valence-electron chi connectivity index (χ1n) is 9.07. The second-order valence-corrected chi connectivity index (χ2v) is 6.55. The predicted octanol–water partition coefficient (Wildman–Crippen LogP) is 3.02. The Morgan fingerprint density at radius 1 is 1.10 bits per heavy atom. The van der Waals surface area contributed by atoms with Crippen LogP contribution in [0.3, 0.4) is 0 Å². The largest absolute Gasteiger partial charge is 0.491 e. The van der Waals surface area contributed by atoms with E-state index in [-0.39, 0.29) is 5.84 Å². The quantitative estimate of drug-likeness (QED) is 0.221. The minimum atomic E-state index is -0.0639. The molecule has 3 heterocycles. The fraction of sp³-hybridized carbons (Fsp3) is 0.0952. The first-order valence-corrected chi connectivity index (χ1v) is 9.07. The van der Waals surface area contributed by atoms with Crippen molar-refractivity contribution in [3.8, 4) is 22.8 Å². The van der Waals surface area contributed by atoms with Gasteiger partial charge in [-0.1, -0.05) is 6.07 Å². The van der Waals surface area contributed by atoms with Crippen molar-refractivity contribution in [2.45, 2.75) is 0 Å². The van der Waals surface area contributed by atoms with Crippen LogP contribution in [0, 0.1) is 5.41 Å². The van der Waals surface area contributed by atoms with Gasteiger partial charge in [0.1, 0.15) is 11.7 Å². The van der Waals surface area contributed by atoms with E-state index in [9.17, 15) is 0 Å². The Hall–Kier alpha value is -4.27. The van der Waals surface area contributed by atoms with E-state index in [1.165, 1.54) is 7.11 Å². The lowest BCUT2D eigenvalue weighted by molar-refractivity contribution is 0.343. The van der Waals surface area contributed by atoms with E-state index in [2.05, 4.69) is 15.3 Å². The molecule has 4 aromatic rings. The van der Waals surface area contributed by atoms with E-state index < -0.39 is 0 Å². The van der Waals surface area contributed by atoms with Crippen LogP contribution in [0.25, 0.3) is 16.8 Å². The molecule has 152 valence electrons. The van der Waals surface area contributed by atoms with Crippen LogP contribution in [0.4, 0.5) is 17.2 Å². The Morgan fingerprint density at radius 2 is 1.93 bits per heavy atom. The fourth-order valence-corrected chi connectivity index (χ4v) is 3.21. The van der Waals surface area contributed by atoms with Crippen LogP contribution in [0.15, 0.2) is 55.0 Å². The van der Waals surface area contributed by atoms with E-state index in [4.69, 9.17) is 26.4 Å². The first kappa shape index (κ1) is 19.1. The van der Waals surface area contributed by atoms with Crippen LogP contribution in [0.2, 0.25) is 0 Å². The van der Waals surface area contributed by atoms with Crippen molar-refractivity contribution in [1.82, 2.24) is 14.4 Å². The first-order chi connectivity index (χ1) is 14.5. The van der Waals surface area contributed by atoms with Gasteiger partial charge in [0.05, 0.1) is 19.9 Å². The monoisotopic (exact) mass is 403 g/mol. The number of hydrogen-bond acceptors (Lipinski definition) is 7. The molecule has 0 aliphatic heterocycles. The lowest BCUT2D eigenvalue weighted by atomic mass is 10.0. The number of rotatable bonds is 6. The molecule has 9 nitrogen and oxygen atoms in total. The minimum Gasteiger partial charge on any atom is -0.491 e. The van der Waals surface area contributed by atoms with Gasteiger partial charge in [0, 0.05) is 35.4 Å². The van der Waals surface area contributed by atoms with Gasteiger partial charge in [-0.3, -0.25) is 5.41 Å². The van der Waals surface area contributed by atoms with Crippen molar-refractivity contribution >= 4 is 28.7 Å². The van der Waals surface area contributed by atoms with Gasteiger partial charge in [0.2, 0.25) is 0 Å². The molecule has 0 amide bonds. The van der Waals surface area contributed by atoms with Crippen molar-refractivity contribution in [2.24, 2.45) is 5.73 Å². The number of fused-ring (bicyclic) bond motifs is 1. The molecule has 0 bridgehead atoms. The molecule has 30 heavy (non-hydrogen) atoms. The van der Waals surface area contributed by atoms with Crippen LogP contribution in [-0.4, -0.2) is 34.4 Å². The maximum absolute atomic E-state index is 7.61. The molecule has 9 heteroatoms. The number of aromatic nitrogens is 3. The van der Waals surface area contributed by atoms with Gasteiger partial charge < -0.3 is 30.7 Å². The van der Waals surface area contributed by atoms with Crippen molar-refractivity contribution in [3.05, 3.63) is 60.6 Å². The summed E-state index contributed by atoms with van der Waals surface area (Å²) in [5.74, 6) is 1.45. The molecule has 0 saturated heterocycles. The molecule has 6 N–H and O–H groups in total. The second kappa shape index (κ2) is 7.63. The Labute approximate surface area is 172 Å². The van der Waals surface area contributed by atoms with Gasteiger partial charge in [-0.15, -0.1) is 0 Å². The van der Waals surface area contributed by atoms with Crippen LogP contribution in [0.1, 0.15) is 5.56 Å². The Bertz CT molecular complexity index is 1250. The molecule has 0 spiro atoms. The van der Waals surface area contributed by atoms with E-state index >= 15 is 0 Å². The molecular formula is C21H21N7O2. The summed E-state index contributed by atoms with van der Waals surface area (Å²) in [4.78, 5) is 8.87. The number of methoxy groups -OCH3 is 2. The molecule has 0 unspecified atom stereocenters. The number of pyridine rings is 2. The zero-order valence-corrected chi connectivity index (χ0v) is 16.5. The lowest BCUT2D eigenvalue weighted by Crippen LogP contribution is -2.13. The van der Waals surface area contributed by atoms with Crippen LogP contribution in [0.5, 0.6) is 11.6 Å². The van der Waals surface area contributed by atoms with Crippen LogP contribution < -0.4 is 26.3 Å². The van der Waals surface area contributed by atoms with Gasteiger partial charge in [-0.25, -0.2) is 4.98 Å². The summed E-state index contributed by atoms with van der Waals surface area (Å²) in [5, 5.41) is 10.9. The number of ether oxygens (including phenoxy) is 2. The second-order valence-electron chi connectivity index (χ2n) is 6.55. The van der Waals surface area contributed by atoms with Gasteiger partial charge in [-0.2, -0.15) is 4.98 Å². The Morgan fingerprint density at radius 3 is 2.63 bits per heavy atom. The average Bonchev–Trinajstić information content (AvgIpc) is 3.22. The normalized spacial score (nSPS) is 10.7. The molecule has 0 aliphatic rings. The highest BCUT2D eigenvalue weighted by molar-refractivity contribution is 6.00. The zero-order valence-electron chi connectivity index (χ0n) is 16.5. The van der Waals surface area contributed by atoms with E-state index in [1.54, 1.807) is 37.6 Å². The summed E-state index contributed by atoms with van der Waals surface area (Å²) in [6.45, 7) is 0. The fourth-order valence-electron chi connectivity index (χ4n) is 3.21.